The minimum absolute atomic E-state index is 0.0912. The molecule has 4 aliphatic heterocycles. The summed E-state index contributed by atoms with van der Waals surface area (Å²) in [6, 6.07) is 0.684. The van der Waals surface area contributed by atoms with Crippen molar-refractivity contribution in [1.82, 2.24) is 9.96 Å². The number of hydroxylamine groups is 2. The van der Waals surface area contributed by atoms with E-state index in [9.17, 15) is 4.79 Å². The first-order valence-corrected chi connectivity index (χ1v) is 9.18. The smallest absolute Gasteiger partial charge is 0.248 e. The van der Waals surface area contributed by atoms with Gasteiger partial charge in [-0.3, -0.25) is 14.5 Å². The lowest BCUT2D eigenvalue weighted by atomic mass is 9.82. The molecule has 4 fully saturated rings. The van der Waals surface area contributed by atoms with Gasteiger partial charge in [-0.2, -0.15) is 0 Å². The van der Waals surface area contributed by atoms with Gasteiger partial charge in [-0.15, -0.1) is 0 Å². The number of nitrogens with zero attached hydrogens (tertiary/aromatic N) is 2. The Kier molecular flexibility index (Phi) is 4.85. The van der Waals surface area contributed by atoms with Crippen LogP contribution in [-0.4, -0.2) is 74.1 Å². The Balaban J connectivity index is 1.30. The van der Waals surface area contributed by atoms with Crippen molar-refractivity contribution in [2.24, 2.45) is 11.8 Å². The summed E-state index contributed by atoms with van der Waals surface area (Å²) in [6.45, 7) is 6.28. The Bertz CT molecular complexity index is 421. The fourth-order valence-corrected chi connectivity index (χ4v) is 4.63. The van der Waals surface area contributed by atoms with E-state index >= 15 is 0 Å². The molecule has 23 heavy (non-hydrogen) atoms. The van der Waals surface area contributed by atoms with Gasteiger partial charge >= 0.3 is 0 Å². The van der Waals surface area contributed by atoms with Gasteiger partial charge < -0.3 is 9.47 Å². The topological polar surface area (TPSA) is 51.2 Å². The van der Waals surface area contributed by atoms with Gasteiger partial charge in [0.05, 0.1) is 32.3 Å². The molecule has 0 aliphatic carbocycles. The normalized spacial score (nSPS) is 36.3. The second kappa shape index (κ2) is 7.05. The number of hydrogen-bond acceptors (Lipinski definition) is 5. The Morgan fingerprint density at radius 1 is 1.09 bits per heavy atom. The molecule has 4 rings (SSSR count). The SMILES string of the molecule is O=C(C[C@@H]1OC[C@H]2CN(C3CCOCC3)CC[C@H]21)N1CCCO1. The predicted molar refractivity (Wildman–Crippen MR) is 83.7 cm³/mol. The molecule has 0 spiro atoms. The fraction of sp³-hybridized carbons (Fsp3) is 0.941. The van der Waals surface area contributed by atoms with Crippen molar-refractivity contribution in [3.8, 4) is 0 Å². The number of likely N-dealkylation sites (tertiary alicyclic amines) is 1. The number of rotatable bonds is 3. The van der Waals surface area contributed by atoms with Crippen LogP contribution in [0.15, 0.2) is 0 Å². The third kappa shape index (κ3) is 3.40. The highest BCUT2D eigenvalue weighted by molar-refractivity contribution is 5.75. The number of carbonyl (C=O) groups is 1. The zero-order valence-corrected chi connectivity index (χ0v) is 13.8. The van der Waals surface area contributed by atoms with Crippen LogP contribution in [-0.2, 0) is 19.1 Å². The molecule has 130 valence electrons. The summed E-state index contributed by atoms with van der Waals surface area (Å²) in [5.74, 6) is 1.22. The summed E-state index contributed by atoms with van der Waals surface area (Å²) in [6.07, 6.45) is 5.00. The third-order valence-corrected chi connectivity index (χ3v) is 5.94. The molecular weight excluding hydrogens is 296 g/mol. The molecule has 0 saturated carbocycles. The molecule has 0 unspecified atom stereocenters. The molecule has 0 aromatic heterocycles. The zero-order valence-electron chi connectivity index (χ0n) is 13.8. The van der Waals surface area contributed by atoms with Crippen LogP contribution < -0.4 is 0 Å². The first-order valence-electron chi connectivity index (χ1n) is 9.18. The Labute approximate surface area is 138 Å². The number of piperidine rings is 1. The van der Waals surface area contributed by atoms with Crippen molar-refractivity contribution in [2.45, 2.75) is 44.2 Å². The molecule has 0 radical (unpaired) electrons. The molecule has 0 aromatic rings. The number of ether oxygens (including phenoxy) is 2. The molecule has 0 N–H and O–H groups in total. The first kappa shape index (κ1) is 15.8. The van der Waals surface area contributed by atoms with Crippen LogP contribution in [0.3, 0.4) is 0 Å². The zero-order chi connectivity index (χ0) is 15.6. The summed E-state index contributed by atoms with van der Waals surface area (Å²) >= 11 is 0. The lowest BCUT2D eigenvalue weighted by Gasteiger charge is -2.41. The average molecular weight is 324 g/mol. The van der Waals surface area contributed by atoms with Crippen LogP contribution in [0, 0.1) is 11.8 Å². The van der Waals surface area contributed by atoms with Crippen LogP contribution in [0.5, 0.6) is 0 Å². The molecule has 4 aliphatic rings. The van der Waals surface area contributed by atoms with E-state index in [0.29, 0.717) is 30.9 Å². The maximum atomic E-state index is 12.3. The fourth-order valence-electron chi connectivity index (χ4n) is 4.63. The third-order valence-electron chi connectivity index (χ3n) is 5.94. The van der Waals surface area contributed by atoms with Gasteiger partial charge in [0.15, 0.2) is 0 Å². The van der Waals surface area contributed by atoms with Crippen molar-refractivity contribution >= 4 is 5.91 Å². The van der Waals surface area contributed by atoms with Crippen molar-refractivity contribution in [3.63, 3.8) is 0 Å². The Morgan fingerprint density at radius 2 is 1.96 bits per heavy atom. The van der Waals surface area contributed by atoms with E-state index in [2.05, 4.69) is 4.90 Å². The van der Waals surface area contributed by atoms with Crippen LogP contribution in [0.4, 0.5) is 0 Å². The maximum absolute atomic E-state index is 12.3. The standard InChI is InChI=1S/C17H28N2O4/c20-17(19-5-1-7-23-19)10-16-15-2-6-18(11-13(15)12-22-16)14-3-8-21-9-4-14/h13-16H,1-12H2/t13-,15-,16+/m1/s1. The van der Waals surface area contributed by atoms with E-state index in [1.54, 1.807) is 0 Å². The molecule has 1 amide bonds. The summed E-state index contributed by atoms with van der Waals surface area (Å²) < 4.78 is 11.5. The number of fused-ring (bicyclic) bond motifs is 1. The molecule has 0 bridgehead atoms. The van der Waals surface area contributed by atoms with Crippen molar-refractivity contribution in [1.29, 1.82) is 0 Å². The van der Waals surface area contributed by atoms with Gasteiger partial charge in [0.25, 0.3) is 0 Å². The number of carbonyl (C=O) groups excluding carboxylic acids is 1. The second-order valence-electron chi connectivity index (χ2n) is 7.31. The summed E-state index contributed by atoms with van der Waals surface area (Å²) in [7, 11) is 0. The second-order valence-corrected chi connectivity index (χ2v) is 7.31. The minimum atomic E-state index is 0.0912. The van der Waals surface area contributed by atoms with Gasteiger partial charge in [-0.25, -0.2) is 5.06 Å². The van der Waals surface area contributed by atoms with Crippen LogP contribution in [0.1, 0.15) is 32.1 Å². The molecule has 6 nitrogen and oxygen atoms in total. The molecular formula is C17H28N2O4. The highest BCUT2D eigenvalue weighted by atomic mass is 16.7. The number of hydrogen-bond donors (Lipinski definition) is 0. The lowest BCUT2D eigenvalue weighted by Crippen LogP contribution is -2.48. The van der Waals surface area contributed by atoms with E-state index in [4.69, 9.17) is 14.3 Å². The van der Waals surface area contributed by atoms with Gasteiger partial charge in [0.1, 0.15) is 0 Å². The van der Waals surface area contributed by atoms with Crippen molar-refractivity contribution < 1.29 is 19.1 Å². The van der Waals surface area contributed by atoms with Gasteiger partial charge in [0.2, 0.25) is 5.91 Å². The van der Waals surface area contributed by atoms with Gasteiger partial charge in [-0.05, 0) is 38.1 Å². The van der Waals surface area contributed by atoms with E-state index in [1.165, 1.54) is 5.06 Å². The molecule has 3 atom stereocenters. The van der Waals surface area contributed by atoms with Crippen LogP contribution >= 0.6 is 0 Å². The highest BCUT2D eigenvalue weighted by Gasteiger charge is 2.43. The average Bonchev–Trinajstić information content (AvgIpc) is 3.25. The highest BCUT2D eigenvalue weighted by Crippen LogP contribution is 2.37. The molecule has 6 heteroatoms. The minimum Gasteiger partial charge on any atom is -0.381 e. The quantitative estimate of drug-likeness (QED) is 0.777. The molecule has 4 heterocycles. The largest absolute Gasteiger partial charge is 0.381 e. The van der Waals surface area contributed by atoms with Gasteiger partial charge in [-0.1, -0.05) is 0 Å². The summed E-state index contributed by atoms with van der Waals surface area (Å²) in [5, 5.41) is 1.54. The monoisotopic (exact) mass is 324 g/mol. The molecule has 0 aromatic carbocycles. The van der Waals surface area contributed by atoms with E-state index in [1.807, 2.05) is 0 Å². The number of amides is 1. The Hall–Kier alpha value is -0.690. The predicted octanol–water partition coefficient (Wildman–Crippen LogP) is 1.06. The van der Waals surface area contributed by atoms with Crippen LogP contribution in [0.25, 0.3) is 0 Å². The van der Waals surface area contributed by atoms with Crippen LogP contribution in [0.2, 0.25) is 0 Å². The lowest BCUT2D eigenvalue weighted by molar-refractivity contribution is -0.171. The summed E-state index contributed by atoms with van der Waals surface area (Å²) in [4.78, 5) is 20.3. The Morgan fingerprint density at radius 3 is 2.74 bits per heavy atom. The maximum Gasteiger partial charge on any atom is 0.248 e. The van der Waals surface area contributed by atoms with Crippen molar-refractivity contribution in [2.75, 3.05) is 46.1 Å². The van der Waals surface area contributed by atoms with E-state index in [-0.39, 0.29) is 12.0 Å². The molecule has 4 saturated heterocycles. The van der Waals surface area contributed by atoms with Gasteiger partial charge in [0, 0.05) is 31.7 Å². The van der Waals surface area contributed by atoms with E-state index in [0.717, 1.165) is 65.1 Å². The van der Waals surface area contributed by atoms with E-state index < -0.39 is 0 Å². The first-order chi connectivity index (χ1) is 11.3. The van der Waals surface area contributed by atoms with Crippen molar-refractivity contribution in [3.05, 3.63) is 0 Å². The summed E-state index contributed by atoms with van der Waals surface area (Å²) in [5.41, 5.74) is 0.